The van der Waals surface area contributed by atoms with Crippen LogP contribution in [0.4, 0.5) is 0 Å². The Kier molecular flexibility index (Phi) is 39.8. The first-order valence-corrected chi connectivity index (χ1v) is 23.8. The van der Waals surface area contributed by atoms with E-state index in [9.17, 15) is 14.4 Å². The Morgan fingerprint density at radius 3 is 1.06 bits per heavy atom. The Morgan fingerprint density at radius 1 is 0.389 bits per heavy atom. The van der Waals surface area contributed by atoms with Crippen LogP contribution in [0.25, 0.3) is 0 Å². The number of hydrogen-bond donors (Lipinski definition) is 0. The second-order valence-corrected chi connectivity index (χ2v) is 17.1. The monoisotopic (exact) mass is 765 g/mol. The average Bonchev–Trinajstić information content (AvgIpc) is 3.15. The van der Waals surface area contributed by atoms with Crippen molar-refractivity contribution in [3.63, 3.8) is 0 Å². The van der Waals surface area contributed by atoms with Gasteiger partial charge in [-0.15, -0.1) is 0 Å². The first-order chi connectivity index (χ1) is 26.3. The maximum Gasteiger partial charge on any atom is 0.306 e. The molecule has 0 heterocycles. The molecular weight excluding hydrogens is 673 g/mol. The van der Waals surface area contributed by atoms with Crippen molar-refractivity contribution in [3.8, 4) is 0 Å². The first kappa shape index (κ1) is 52.4. The van der Waals surface area contributed by atoms with Crippen LogP contribution in [-0.2, 0) is 28.6 Å². The number of carbonyl (C=O) groups is 3. The van der Waals surface area contributed by atoms with E-state index in [-0.39, 0.29) is 31.1 Å². The van der Waals surface area contributed by atoms with Crippen LogP contribution in [0.5, 0.6) is 0 Å². The van der Waals surface area contributed by atoms with E-state index < -0.39 is 6.10 Å². The molecular formula is C48H92O6. The molecule has 0 aliphatic carbocycles. The van der Waals surface area contributed by atoms with Gasteiger partial charge in [0.2, 0.25) is 0 Å². The SMILES string of the molecule is CCCCCCCCCCCCCCCCCCCC(=O)OC[C@H](COC(=O)CCCCCCCCC(C)CC)OC(=O)CCCCCCCCC(C)C. The van der Waals surface area contributed by atoms with E-state index >= 15 is 0 Å². The molecule has 0 aliphatic rings. The van der Waals surface area contributed by atoms with Gasteiger partial charge in [0.1, 0.15) is 13.2 Å². The molecule has 0 saturated carbocycles. The topological polar surface area (TPSA) is 78.9 Å². The molecule has 0 aromatic heterocycles. The van der Waals surface area contributed by atoms with Crippen LogP contribution in [0.2, 0.25) is 0 Å². The van der Waals surface area contributed by atoms with Crippen LogP contribution in [0.3, 0.4) is 0 Å². The van der Waals surface area contributed by atoms with E-state index in [4.69, 9.17) is 14.2 Å². The summed E-state index contributed by atoms with van der Waals surface area (Å²) >= 11 is 0. The fourth-order valence-corrected chi connectivity index (χ4v) is 7.07. The molecule has 54 heavy (non-hydrogen) atoms. The van der Waals surface area contributed by atoms with Crippen molar-refractivity contribution in [2.24, 2.45) is 11.8 Å². The molecule has 0 bridgehead atoms. The van der Waals surface area contributed by atoms with Crippen molar-refractivity contribution in [2.75, 3.05) is 13.2 Å². The number of ether oxygens (including phenoxy) is 3. The molecule has 6 nitrogen and oxygen atoms in total. The van der Waals surface area contributed by atoms with Gasteiger partial charge in [-0.3, -0.25) is 14.4 Å². The van der Waals surface area contributed by atoms with Gasteiger partial charge in [-0.05, 0) is 31.1 Å². The lowest BCUT2D eigenvalue weighted by Gasteiger charge is -2.18. The zero-order chi connectivity index (χ0) is 39.7. The molecule has 0 amide bonds. The molecule has 6 heteroatoms. The molecule has 0 saturated heterocycles. The Bertz CT molecular complexity index is 826. The fraction of sp³-hybridized carbons (Fsp3) is 0.938. The number of hydrogen-bond acceptors (Lipinski definition) is 6. The average molecular weight is 765 g/mol. The number of carbonyl (C=O) groups excluding carboxylic acids is 3. The lowest BCUT2D eigenvalue weighted by Crippen LogP contribution is -2.30. The number of unbranched alkanes of at least 4 members (excludes halogenated alkanes) is 26. The third-order valence-electron chi connectivity index (χ3n) is 11.1. The largest absolute Gasteiger partial charge is 0.462 e. The fourth-order valence-electron chi connectivity index (χ4n) is 7.07. The van der Waals surface area contributed by atoms with E-state index in [0.29, 0.717) is 19.3 Å². The van der Waals surface area contributed by atoms with Gasteiger partial charge in [-0.1, -0.05) is 221 Å². The Hall–Kier alpha value is -1.59. The standard InChI is InChI=1S/C48H92O6/c1-6-8-9-10-11-12-13-14-15-16-17-18-19-20-21-28-33-38-46(49)52-41-45(54-48(51)40-35-30-24-22-26-31-36-43(3)4)42-53-47(50)39-34-29-25-23-27-32-37-44(5)7-2/h43-45H,6-42H2,1-5H3/t44?,45-/m1/s1. The van der Waals surface area contributed by atoms with Crippen LogP contribution in [0.15, 0.2) is 0 Å². The predicted octanol–water partition coefficient (Wildman–Crippen LogP) is 15.0. The van der Waals surface area contributed by atoms with Gasteiger partial charge in [0, 0.05) is 19.3 Å². The maximum absolute atomic E-state index is 12.7. The van der Waals surface area contributed by atoms with Crippen LogP contribution in [0, 0.1) is 11.8 Å². The lowest BCUT2D eigenvalue weighted by molar-refractivity contribution is -0.167. The highest BCUT2D eigenvalue weighted by molar-refractivity contribution is 5.71. The van der Waals surface area contributed by atoms with Gasteiger partial charge in [0.15, 0.2) is 6.10 Å². The van der Waals surface area contributed by atoms with Crippen molar-refractivity contribution in [1.29, 1.82) is 0 Å². The first-order valence-electron chi connectivity index (χ1n) is 23.8. The van der Waals surface area contributed by atoms with Gasteiger partial charge in [-0.2, -0.15) is 0 Å². The van der Waals surface area contributed by atoms with Crippen LogP contribution in [0.1, 0.15) is 259 Å². The van der Waals surface area contributed by atoms with Crippen molar-refractivity contribution < 1.29 is 28.6 Å². The summed E-state index contributed by atoms with van der Waals surface area (Å²) in [4.78, 5) is 37.7. The molecule has 1 unspecified atom stereocenters. The number of rotatable bonds is 42. The summed E-state index contributed by atoms with van der Waals surface area (Å²) in [5.41, 5.74) is 0. The van der Waals surface area contributed by atoms with Crippen molar-refractivity contribution in [1.82, 2.24) is 0 Å². The molecule has 0 spiro atoms. The van der Waals surface area contributed by atoms with Crippen LogP contribution < -0.4 is 0 Å². The van der Waals surface area contributed by atoms with E-state index in [0.717, 1.165) is 69.6 Å². The van der Waals surface area contributed by atoms with Gasteiger partial charge in [0.25, 0.3) is 0 Å². The summed E-state index contributed by atoms with van der Waals surface area (Å²) < 4.78 is 16.7. The normalized spacial score (nSPS) is 12.6. The smallest absolute Gasteiger partial charge is 0.306 e. The molecule has 0 fully saturated rings. The van der Waals surface area contributed by atoms with E-state index in [1.54, 1.807) is 0 Å². The highest BCUT2D eigenvalue weighted by atomic mass is 16.6. The third kappa shape index (κ3) is 40.1. The predicted molar refractivity (Wildman–Crippen MR) is 229 cm³/mol. The molecule has 2 atom stereocenters. The van der Waals surface area contributed by atoms with E-state index in [2.05, 4.69) is 34.6 Å². The highest BCUT2D eigenvalue weighted by Crippen LogP contribution is 2.17. The minimum atomic E-state index is -0.762. The lowest BCUT2D eigenvalue weighted by atomic mass is 10.00. The van der Waals surface area contributed by atoms with E-state index in [1.165, 1.54) is 148 Å². The third-order valence-corrected chi connectivity index (χ3v) is 11.1. The summed E-state index contributed by atoms with van der Waals surface area (Å²) in [6, 6.07) is 0. The molecule has 320 valence electrons. The zero-order valence-corrected chi connectivity index (χ0v) is 36.8. The van der Waals surface area contributed by atoms with Gasteiger partial charge in [0.05, 0.1) is 0 Å². The second kappa shape index (κ2) is 41.1. The summed E-state index contributed by atoms with van der Waals surface area (Å²) in [6.07, 6.45) is 39.6. The molecule has 0 radical (unpaired) electrons. The van der Waals surface area contributed by atoms with Crippen molar-refractivity contribution in [3.05, 3.63) is 0 Å². The molecule has 0 N–H and O–H groups in total. The van der Waals surface area contributed by atoms with Crippen LogP contribution in [-0.4, -0.2) is 37.2 Å². The number of esters is 3. The van der Waals surface area contributed by atoms with Gasteiger partial charge >= 0.3 is 17.9 Å². The maximum atomic E-state index is 12.7. The summed E-state index contributed by atoms with van der Waals surface area (Å²) in [5.74, 6) is 0.710. The Labute approximate surface area is 336 Å². The Balaban J connectivity index is 4.24. The zero-order valence-electron chi connectivity index (χ0n) is 36.8. The Morgan fingerprint density at radius 2 is 0.704 bits per heavy atom. The van der Waals surface area contributed by atoms with Gasteiger partial charge in [-0.25, -0.2) is 0 Å². The van der Waals surface area contributed by atoms with Crippen molar-refractivity contribution >= 4 is 17.9 Å². The highest BCUT2D eigenvalue weighted by Gasteiger charge is 2.19. The molecule has 0 aromatic carbocycles. The minimum Gasteiger partial charge on any atom is -0.462 e. The quantitative estimate of drug-likeness (QED) is 0.0350. The minimum absolute atomic E-state index is 0.0662. The van der Waals surface area contributed by atoms with E-state index in [1.807, 2.05) is 0 Å². The molecule has 0 rings (SSSR count). The van der Waals surface area contributed by atoms with Crippen molar-refractivity contribution in [2.45, 2.75) is 265 Å². The van der Waals surface area contributed by atoms with Crippen LogP contribution >= 0.6 is 0 Å². The molecule has 0 aromatic rings. The van der Waals surface area contributed by atoms with Gasteiger partial charge < -0.3 is 14.2 Å². The second-order valence-electron chi connectivity index (χ2n) is 17.1. The molecule has 0 aliphatic heterocycles. The summed E-state index contributed by atoms with van der Waals surface area (Å²) in [7, 11) is 0. The summed E-state index contributed by atoms with van der Waals surface area (Å²) in [5, 5.41) is 0. The summed E-state index contributed by atoms with van der Waals surface area (Å²) in [6.45, 7) is 11.3.